The molecule has 0 nitrogen and oxygen atoms in total. The zero-order valence-electron chi connectivity index (χ0n) is 5.06. The molecule has 1 rings (SSSR count). The molecule has 0 atom stereocenters. The van der Waals surface area contributed by atoms with Gasteiger partial charge in [-0.05, 0) is 39.2 Å². The van der Waals surface area contributed by atoms with Crippen LogP contribution in [0.5, 0.6) is 0 Å². The Balaban J connectivity index is 2.69. The molecule has 1 heterocycles. The van der Waals surface area contributed by atoms with Gasteiger partial charge in [-0.2, -0.15) is 11.8 Å². The molecule has 0 aliphatic carbocycles. The number of rotatable bonds is 2. The van der Waals surface area contributed by atoms with Gasteiger partial charge in [0.2, 0.25) is 0 Å². The van der Waals surface area contributed by atoms with Gasteiger partial charge >= 0.3 is 0 Å². The molecule has 0 bridgehead atoms. The van der Waals surface area contributed by atoms with Crippen molar-refractivity contribution in [2.24, 2.45) is 0 Å². The molecule has 0 aliphatic rings. The van der Waals surface area contributed by atoms with E-state index in [1.165, 1.54) is 9.35 Å². The predicted octanol–water partition coefficient (Wildman–Crippen LogP) is 3.37. The molecule has 0 saturated heterocycles. The van der Waals surface area contributed by atoms with Crippen LogP contribution in [0.4, 0.5) is 0 Å². The maximum absolute atomic E-state index is 3.47. The van der Waals surface area contributed by atoms with Gasteiger partial charge in [0.05, 0.1) is 3.79 Å². The molecule has 0 spiro atoms. The second-order valence-electron chi connectivity index (χ2n) is 1.65. The van der Waals surface area contributed by atoms with E-state index in [0.717, 1.165) is 5.75 Å². The molecular weight excluding hydrogens is 216 g/mol. The third kappa shape index (κ3) is 1.99. The highest BCUT2D eigenvalue weighted by atomic mass is 79.9. The van der Waals surface area contributed by atoms with Crippen LogP contribution in [0.2, 0.25) is 0 Å². The molecule has 9 heavy (non-hydrogen) atoms. The van der Waals surface area contributed by atoms with Gasteiger partial charge in [-0.15, -0.1) is 11.3 Å². The molecule has 0 aliphatic heterocycles. The standard InChI is InChI=1S/C6H7BrS2/c1-8-4-5-2-3-9-6(5)7/h2-3H,4H2,1H3. The average Bonchev–Trinajstić information content (AvgIpc) is 2.18. The Labute approximate surface area is 71.8 Å². The van der Waals surface area contributed by atoms with E-state index in [9.17, 15) is 0 Å². The van der Waals surface area contributed by atoms with Gasteiger partial charge < -0.3 is 0 Å². The van der Waals surface area contributed by atoms with E-state index in [-0.39, 0.29) is 0 Å². The van der Waals surface area contributed by atoms with Crippen molar-refractivity contribution in [2.45, 2.75) is 5.75 Å². The van der Waals surface area contributed by atoms with Crippen molar-refractivity contribution in [3.05, 3.63) is 20.8 Å². The lowest BCUT2D eigenvalue weighted by molar-refractivity contribution is 1.46. The van der Waals surface area contributed by atoms with Crippen LogP contribution >= 0.6 is 39.0 Å². The van der Waals surface area contributed by atoms with E-state index in [0.29, 0.717) is 0 Å². The molecule has 1 aromatic heterocycles. The Kier molecular flexibility index (Phi) is 3.09. The van der Waals surface area contributed by atoms with Gasteiger partial charge in [0, 0.05) is 5.75 Å². The molecular formula is C6H7BrS2. The van der Waals surface area contributed by atoms with Crippen molar-refractivity contribution in [2.75, 3.05) is 6.26 Å². The van der Waals surface area contributed by atoms with Crippen molar-refractivity contribution in [3.63, 3.8) is 0 Å². The summed E-state index contributed by atoms with van der Waals surface area (Å²) in [5.74, 6) is 1.12. The van der Waals surface area contributed by atoms with Crippen LogP contribution in [0, 0.1) is 0 Å². The number of thioether (sulfide) groups is 1. The first-order valence-corrected chi connectivity index (χ1v) is 5.62. The Morgan fingerprint density at radius 2 is 2.56 bits per heavy atom. The highest BCUT2D eigenvalue weighted by Crippen LogP contribution is 2.25. The number of hydrogen-bond acceptors (Lipinski definition) is 2. The lowest BCUT2D eigenvalue weighted by Gasteiger charge is -1.91. The lowest BCUT2D eigenvalue weighted by atomic mass is 10.4. The first-order chi connectivity index (χ1) is 4.34. The highest BCUT2D eigenvalue weighted by Gasteiger charge is 1.97. The summed E-state index contributed by atoms with van der Waals surface area (Å²) < 4.78 is 1.27. The molecule has 1 aromatic rings. The van der Waals surface area contributed by atoms with Crippen LogP contribution < -0.4 is 0 Å². The van der Waals surface area contributed by atoms with Crippen LogP contribution in [0.1, 0.15) is 5.56 Å². The lowest BCUT2D eigenvalue weighted by Crippen LogP contribution is -1.71. The van der Waals surface area contributed by atoms with E-state index in [2.05, 4.69) is 33.6 Å². The zero-order chi connectivity index (χ0) is 6.69. The van der Waals surface area contributed by atoms with Crippen LogP contribution in [-0.4, -0.2) is 6.26 Å². The van der Waals surface area contributed by atoms with Crippen molar-refractivity contribution in [3.8, 4) is 0 Å². The number of thiophene rings is 1. The smallest absolute Gasteiger partial charge is 0.0738 e. The third-order valence-corrected chi connectivity index (χ3v) is 3.40. The van der Waals surface area contributed by atoms with E-state index < -0.39 is 0 Å². The van der Waals surface area contributed by atoms with Crippen molar-refractivity contribution >= 4 is 39.0 Å². The molecule has 0 saturated carbocycles. The second kappa shape index (κ2) is 3.64. The average molecular weight is 223 g/mol. The van der Waals surface area contributed by atoms with Crippen LogP contribution in [-0.2, 0) is 5.75 Å². The fourth-order valence-electron chi connectivity index (χ4n) is 0.577. The number of halogens is 1. The summed E-state index contributed by atoms with van der Waals surface area (Å²) in [5.41, 5.74) is 1.41. The predicted molar refractivity (Wildman–Crippen MR) is 49.2 cm³/mol. The largest absolute Gasteiger partial charge is 0.161 e. The summed E-state index contributed by atoms with van der Waals surface area (Å²) in [6, 6.07) is 2.16. The van der Waals surface area contributed by atoms with E-state index >= 15 is 0 Å². The normalized spacial score (nSPS) is 10.0. The summed E-state index contributed by atoms with van der Waals surface area (Å²) in [5, 5.41) is 2.11. The minimum Gasteiger partial charge on any atom is -0.161 e. The third-order valence-electron chi connectivity index (χ3n) is 0.993. The Morgan fingerprint density at radius 1 is 1.78 bits per heavy atom. The molecule has 50 valence electrons. The topological polar surface area (TPSA) is 0 Å². The molecule has 0 unspecified atom stereocenters. The van der Waals surface area contributed by atoms with Gasteiger partial charge in [-0.1, -0.05) is 0 Å². The summed E-state index contributed by atoms with van der Waals surface area (Å²) in [7, 11) is 0. The molecule has 0 fully saturated rings. The summed E-state index contributed by atoms with van der Waals surface area (Å²) in [6.07, 6.45) is 2.12. The summed E-state index contributed by atoms with van der Waals surface area (Å²) in [6.45, 7) is 0. The molecule has 0 aromatic carbocycles. The van der Waals surface area contributed by atoms with E-state index in [4.69, 9.17) is 0 Å². The Morgan fingerprint density at radius 3 is 3.00 bits per heavy atom. The first-order valence-electron chi connectivity index (χ1n) is 2.55. The minimum absolute atomic E-state index is 1.12. The van der Waals surface area contributed by atoms with Crippen molar-refractivity contribution in [1.29, 1.82) is 0 Å². The van der Waals surface area contributed by atoms with Gasteiger partial charge in [-0.25, -0.2) is 0 Å². The van der Waals surface area contributed by atoms with E-state index in [1.807, 2.05) is 11.8 Å². The highest BCUT2D eigenvalue weighted by molar-refractivity contribution is 9.11. The van der Waals surface area contributed by atoms with Gasteiger partial charge in [-0.3, -0.25) is 0 Å². The fourth-order valence-corrected chi connectivity index (χ4v) is 2.65. The number of hydrogen-bond donors (Lipinski definition) is 0. The molecule has 0 amide bonds. The second-order valence-corrected chi connectivity index (χ2v) is 4.75. The maximum Gasteiger partial charge on any atom is 0.0738 e. The van der Waals surface area contributed by atoms with E-state index in [1.54, 1.807) is 11.3 Å². The molecule has 3 heteroatoms. The maximum atomic E-state index is 3.47. The Bertz CT molecular complexity index is 183. The monoisotopic (exact) mass is 222 g/mol. The minimum atomic E-state index is 1.12. The van der Waals surface area contributed by atoms with Gasteiger partial charge in [0.15, 0.2) is 0 Å². The summed E-state index contributed by atoms with van der Waals surface area (Å²) >= 11 is 7.07. The quantitative estimate of drug-likeness (QED) is 0.740. The Hall–Kier alpha value is 0.530. The summed E-state index contributed by atoms with van der Waals surface area (Å²) in [4.78, 5) is 0. The first kappa shape index (κ1) is 7.63. The zero-order valence-corrected chi connectivity index (χ0v) is 8.28. The van der Waals surface area contributed by atoms with Gasteiger partial charge in [0.25, 0.3) is 0 Å². The fraction of sp³-hybridized carbons (Fsp3) is 0.333. The van der Waals surface area contributed by atoms with Crippen LogP contribution in [0.25, 0.3) is 0 Å². The van der Waals surface area contributed by atoms with Crippen LogP contribution in [0.3, 0.4) is 0 Å². The van der Waals surface area contributed by atoms with Crippen LogP contribution in [0.15, 0.2) is 15.2 Å². The van der Waals surface area contributed by atoms with Gasteiger partial charge in [0.1, 0.15) is 0 Å². The molecule has 0 N–H and O–H groups in total. The molecule has 0 radical (unpaired) electrons. The SMILES string of the molecule is CSCc1ccsc1Br. The van der Waals surface area contributed by atoms with Crippen molar-refractivity contribution in [1.82, 2.24) is 0 Å². The van der Waals surface area contributed by atoms with Crippen molar-refractivity contribution < 1.29 is 0 Å².